The van der Waals surface area contributed by atoms with E-state index in [1.807, 2.05) is 6.07 Å². The van der Waals surface area contributed by atoms with Crippen molar-refractivity contribution in [1.29, 1.82) is 0 Å². The summed E-state index contributed by atoms with van der Waals surface area (Å²) in [5, 5.41) is 3.29. The number of rotatable bonds is 8. The smallest absolute Gasteiger partial charge is 0.218 e. The average Bonchev–Trinajstić information content (AvgIpc) is 2.36. The van der Waals surface area contributed by atoms with Gasteiger partial charge in [-0.3, -0.25) is 0 Å². The fourth-order valence-corrected chi connectivity index (χ4v) is 1.44. The van der Waals surface area contributed by atoms with Crippen molar-refractivity contribution in [3.63, 3.8) is 0 Å². The van der Waals surface area contributed by atoms with E-state index >= 15 is 0 Å². The second kappa shape index (κ2) is 7.90. The van der Waals surface area contributed by atoms with Crippen molar-refractivity contribution in [3.8, 4) is 5.88 Å². The molecular weight excluding hydrogens is 226 g/mol. The molecule has 0 aromatic carbocycles. The minimum Gasteiger partial charge on any atom is -0.478 e. The number of hydrogen-bond acceptors (Lipinski definition) is 4. The fourth-order valence-electron chi connectivity index (χ4n) is 1.44. The molecule has 0 saturated heterocycles. The molecule has 0 unspecified atom stereocenters. The van der Waals surface area contributed by atoms with Gasteiger partial charge in [-0.05, 0) is 12.8 Å². The standard InChI is InChI=1S/C14H25N3O/c1-5-7-9-18-13-10-12(15-8-6-2)16-14(17-13)11(3)4/h10-11H,5-9H2,1-4H3,(H,15,16,17). The van der Waals surface area contributed by atoms with Crippen LogP contribution in [0.2, 0.25) is 0 Å². The van der Waals surface area contributed by atoms with Crippen molar-refractivity contribution in [2.45, 2.75) is 52.9 Å². The van der Waals surface area contributed by atoms with Crippen molar-refractivity contribution in [2.75, 3.05) is 18.5 Å². The predicted molar refractivity (Wildman–Crippen MR) is 75.3 cm³/mol. The number of nitrogens with zero attached hydrogens (tertiary/aromatic N) is 2. The maximum Gasteiger partial charge on any atom is 0.218 e. The van der Waals surface area contributed by atoms with Crippen LogP contribution in [0.1, 0.15) is 58.7 Å². The molecule has 1 heterocycles. The summed E-state index contributed by atoms with van der Waals surface area (Å²) in [4.78, 5) is 8.94. The molecule has 0 spiro atoms. The number of ether oxygens (including phenoxy) is 1. The van der Waals surface area contributed by atoms with Gasteiger partial charge in [0.05, 0.1) is 6.61 Å². The van der Waals surface area contributed by atoms with Gasteiger partial charge < -0.3 is 10.1 Å². The van der Waals surface area contributed by atoms with Gasteiger partial charge in [0.15, 0.2) is 0 Å². The molecule has 1 aromatic rings. The molecule has 4 heteroatoms. The predicted octanol–water partition coefficient (Wildman–Crippen LogP) is 3.60. The van der Waals surface area contributed by atoms with Gasteiger partial charge >= 0.3 is 0 Å². The lowest BCUT2D eigenvalue weighted by Crippen LogP contribution is -2.08. The van der Waals surface area contributed by atoms with E-state index in [1.54, 1.807) is 0 Å². The highest BCUT2D eigenvalue weighted by Crippen LogP contribution is 2.18. The van der Waals surface area contributed by atoms with Crippen molar-refractivity contribution < 1.29 is 4.74 Å². The molecule has 0 radical (unpaired) electrons. The maximum absolute atomic E-state index is 5.67. The number of hydrogen-bond donors (Lipinski definition) is 1. The van der Waals surface area contributed by atoms with E-state index in [4.69, 9.17) is 4.74 Å². The topological polar surface area (TPSA) is 47.0 Å². The highest BCUT2D eigenvalue weighted by atomic mass is 16.5. The van der Waals surface area contributed by atoms with Crippen LogP contribution in [-0.2, 0) is 0 Å². The van der Waals surface area contributed by atoms with Gasteiger partial charge in [-0.15, -0.1) is 0 Å². The molecule has 1 aromatic heterocycles. The monoisotopic (exact) mass is 251 g/mol. The SMILES string of the molecule is CCCCOc1cc(NCCC)nc(C(C)C)n1. The number of anilines is 1. The molecule has 18 heavy (non-hydrogen) atoms. The number of nitrogens with one attached hydrogen (secondary N) is 1. The van der Waals surface area contributed by atoms with Crippen molar-refractivity contribution in [2.24, 2.45) is 0 Å². The average molecular weight is 251 g/mol. The van der Waals surface area contributed by atoms with Crippen molar-refractivity contribution in [1.82, 2.24) is 9.97 Å². The van der Waals surface area contributed by atoms with Crippen molar-refractivity contribution >= 4 is 5.82 Å². The molecule has 0 aliphatic carbocycles. The van der Waals surface area contributed by atoms with E-state index in [0.717, 1.165) is 44.1 Å². The van der Waals surface area contributed by atoms with Crippen molar-refractivity contribution in [3.05, 3.63) is 11.9 Å². The van der Waals surface area contributed by atoms with E-state index in [0.29, 0.717) is 11.8 Å². The lowest BCUT2D eigenvalue weighted by molar-refractivity contribution is 0.296. The van der Waals surface area contributed by atoms with E-state index in [9.17, 15) is 0 Å². The molecule has 0 saturated carbocycles. The molecule has 0 aliphatic rings. The normalized spacial score (nSPS) is 10.7. The lowest BCUT2D eigenvalue weighted by atomic mass is 10.2. The van der Waals surface area contributed by atoms with Crippen LogP contribution in [0.25, 0.3) is 0 Å². The molecular formula is C14H25N3O. The minimum atomic E-state index is 0.307. The van der Waals surface area contributed by atoms with Gasteiger partial charge in [-0.2, -0.15) is 4.98 Å². The van der Waals surface area contributed by atoms with Crippen LogP contribution in [-0.4, -0.2) is 23.1 Å². The Hall–Kier alpha value is -1.32. The summed E-state index contributed by atoms with van der Waals surface area (Å²) in [5.41, 5.74) is 0. The highest BCUT2D eigenvalue weighted by Gasteiger charge is 2.08. The first-order valence-corrected chi connectivity index (χ1v) is 6.93. The largest absolute Gasteiger partial charge is 0.478 e. The second-order valence-corrected chi connectivity index (χ2v) is 4.73. The van der Waals surface area contributed by atoms with Crippen LogP contribution in [0.15, 0.2) is 6.07 Å². The summed E-state index contributed by atoms with van der Waals surface area (Å²) in [7, 11) is 0. The molecule has 0 fully saturated rings. The van der Waals surface area contributed by atoms with Gasteiger partial charge in [0, 0.05) is 18.5 Å². The summed E-state index contributed by atoms with van der Waals surface area (Å²) in [6.45, 7) is 10.1. The fraction of sp³-hybridized carbons (Fsp3) is 0.714. The zero-order chi connectivity index (χ0) is 13.4. The molecule has 0 aliphatic heterocycles. The van der Waals surface area contributed by atoms with E-state index in [2.05, 4.69) is 43.0 Å². The Balaban J connectivity index is 2.77. The van der Waals surface area contributed by atoms with Gasteiger partial charge in [0.2, 0.25) is 5.88 Å². The summed E-state index contributed by atoms with van der Waals surface area (Å²) < 4.78 is 5.67. The van der Waals surface area contributed by atoms with Gasteiger partial charge in [-0.25, -0.2) is 4.98 Å². The lowest BCUT2D eigenvalue weighted by Gasteiger charge is -2.11. The summed E-state index contributed by atoms with van der Waals surface area (Å²) in [6.07, 6.45) is 3.26. The van der Waals surface area contributed by atoms with Crippen LogP contribution in [0.4, 0.5) is 5.82 Å². The van der Waals surface area contributed by atoms with Crippen LogP contribution in [0.3, 0.4) is 0 Å². The third-order valence-corrected chi connectivity index (χ3v) is 2.54. The van der Waals surface area contributed by atoms with E-state index in [-0.39, 0.29) is 0 Å². The van der Waals surface area contributed by atoms with Gasteiger partial charge in [-0.1, -0.05) is 34.1 Å². The third kappa shape index (κ3) is 4.90. The van der Waals surface area contributed by atoms with Gasteiger partial charge in [0.25, 0.3) is 0 Å². The second-order valence-electron chi connectivity index (χ2n) is 4.73. The first kappa shape index (κ1) is 14.7. The van der Waals surface area contributed by atoms with Crippen LogP contribution in [0, 0.1) is 0 Å². The molecule has 0 atom stereocenters. The van der Waals surface area contributed by atoms with E-state index < -0.39 is 0 Å². The number of unbranched alkanes of at least 4 members (excludes halogenated alkanes) is 1. The van der Waals surface area contributed by atoms with E-state index in [1.165, 1.54) is 0 Å². The summed E-state index contributed by atoms with van der Waals surface area (Å²) >= 11 is 0. The molecule has 0 amide bonds. The van der Waals surface area contributed by atoms with Crippen LogP contribution in [0.5, 0.6) is 5.88 Å². The molecule has 102 valence electrons. The quantitative estimate of drug-likeness (QED) is 0.717. The Labute approximate surface area is 110 Å². The third-order valence-electron chi connectivity index (χ3n) is 2.54. The van der Waals surface area contributed by atoms with Crippen LogP contribution < -0.4 is 10.1 Å². The molecule has 1 N–H and O–H groups in total. The Bertz CT molecular complexity index is 353. The zero-order valence-corrected chi connectivity index (χ0v) is 12.0. The summed E-state index contributed by atoms with van der Waals surface area (Å²) in [5.74, 6) is 2.69. The Kier molecular flexibility index (Phi) is 6.47. The molecule has 4 nitrogen and oxygen atoms in total. The Morgan fingerprint density at radius 3 is 2.61 bits per heavy atom. The zero-order valence-electron chi connectivity index (χ0n) is 12.0. The molecule has 1 rings (SSSR count). The Morgan fingerprint density at radius 2 is 2.00 bits per heavy atom. The first-order chi connectivity index (χ1) is 8.67. The number of aromatic nitrogens is 2. The highest BCUT2D eigenvalue weighted by molar-refractivity contribution is 5.38. The minimum absolute atomic E-state index is 0.307. The van der Waals surface area contributed by atoms with Gasteiger partial charge in [0.1, 0.15) is 11.6 Å². The molecule has 0 bridgehead atoms. The van der Waals surface area contributed by atoms with Crippen LogP contribution >= 0.6 is 0 Å². The Morgan fingerprint density at radius 1 is 1.22 bits per heavy atom. The maximum atomic E-state index is 5.67. The first-order valence-electron chi connectivity index (χ1n) is 6.93. The summed E-state index contributed by atoms with van der Waals surface area (Å²) in [6, 6.07) is 1.89.